The van der Waals surface area contributed by atoms with Gasteiger partial charge in [-0.15, -0.1) is 11.3 Å². The number of aryl methyl sites for hydroxylation is 2. The smallest absolute Gasteiger partial charge is 0.323 e. The molecule has 0 bridgehead atoms. The Labute approximate surface area is 122 Å². The van der Waals surface area contributed by atoms with Crippen molar-refractivity contribution in [3.8, 4) is 0 Å². The zero-order chi connectivity index (χ0) is 14.7. The van der Waals surface area contributed by atoms with Gasteiger partial charge in [-0.2, -0.15) is 0 Å². The van der Waals surface area contributed by atoms with Crippen molar-refractivity contribution in [1.29, 1.82) is 0 Å². The highest BCUT2D eigenvalue weighted by Gasteiger charge is 2.27. The second-order valence-electron chi connectivity index (χ2n) is 5.33. The van der Waals surface area contributed by atoms with Crippen LogP contribution in [0.25, 0.3) is 0 Å². The maximum absolute atomic E-state index is 12.1. The molecule has 1 heterocycles. The summed E-state index contributed by atoms with van der Waals surface area (Å²) in [6.07, 6.45) is 2.18. The normalized spacial score (nSPS) is 14.1. The SMILES string of the molecule is Cc1cc(CNC(=O)N(CC(=O)O)CC2CC2)sc1C. The standard InChI is InChI=1S/C14H20N2O3S/c1-9-5-12(20-10(9)2)6-15-14(19)16(8-13(17)18)7-11-3-4-11/h5,11H,3-4,6-8H2,1-2H3,(H,15,19)(H,17,18). The first-order chi connectivity index (χ1) is 9.45. The first-order valence-corrected chi connectivity index (χ1v) is 7.58. The number of aliphatic carboxylic acids is 1. The predicted octanol–water partition coefficient (Wildman–Crippen LogP) is 2.37. The Hall–Kier alpha value is -1.56. The van der Waals surface area contributed by atoms with Crippen LogP contribution in [0.15, 0.2) is 6.07 Å². The third kappa shape index (κ3) is 4.23. The van der Waals surface area contributed by atoms with E-state index in [4.69, 9.17) is 5.11 Å². The van der Waals surface area contributed by atoms with E-state index < -0.39 is 5.97 Å². The molecule has 0 spiro atoms. The minimum absolute atomic E-state index is 0.231. The number of carboxylic acids is 1. The molecule has 0 aromatic carbocycles. The van der Waals surface area contributed by atoms with Gasteiger partial charge in [-0.1, -0.05) is 0 Å². The Bertz CT molecular complexity index is 489. The van der Waals surface area contributed by atoms with Crippen LogP contribution in [-0.4, -0.2) is 35.1 Å². The maximum atomic E-state index is 12.1. The van der Waals surface area contributed by atoms with Crippen molar-refractivity contribution < 1.29 is 14.7 Å². The molecule has 1 aliphatic carbocycles. The molecule has 1 aromatic heterocycles. The molecule has 6 heteroatoms. The second kappa shape index (κ2) is 6.26. The summed E-state index contributed by atoms with van der Waals surface area (Å²) in [6.45, 7) is 4.86. The number of rotatable bonds is 6. The van der Waals surface area contributed by atoms with Crippen LogP contribution in [0.1, 0.15) is 28.2 Å². The molecule has 20 heavy (non-hydrogen) atoms. The molecule has 0 aliphatic heterocycles. The molecule has 1 saturated carbocycles. The molecule has 2 rings (SSSR count). The Morgan fingerprint density at radius 2 is 2.15 bits per heavy atom. The lowest BCUT2D eigenvalue weighted by Crippen LogP contribution is -2.43. The molecule has 5 nitrogen and oxygen atoms in total. The van der Waals surface area contributed by atoms with Gasteiger partial charge in [-0.3, -0.25) is 4.79 Å². The number of thiophene rings is 1. The molecule has 1 aliphatic rings. The van der Waals surface area contributed by atoms with E-state index >= 15 is 0 Å². The van der Waals surface area contributed by atoms with Gasteiger partial charge in [0, 0.05) is 16.3 Å². The Kier molecular flexibility index (Phi) is 4.65. The van der Waals surface area contributed by atoms with Gasteiger partial charge in [0.05, 0.1) is 6.54 Å². The van der Waals surface area contributed by atoms with Gasteiger partial charge < -0.3 is 15.3 Å². The molecule has 0 saturated heterocycles. The van der Waals surface area contributed by atoms with Crippen molar-refractivity contribution in [3.05, 3.63) is 21.4 Å². The van der Waals surface area contributed by atoms with Crippen LogP contribution < -0.4 is 5.32 Å². The lowest BCUT2D eigenvalue weighted by Gasteiger charge is -2.20. The first kappa shape index (κ1) is 14.8. The summed E-state index contributed by atoms with van der Waals surface area (Å²) in [4.78, 5) is 26.6. The fraction of sp³-hybridized carbons (Fsp3) is 0.571. The quantitative estimate of drug-likeness (QED) is 0.846. The van der Waals surface area contributed by atoms with E-state index in [1.807, 2.05) is 6.92 Å². The lowest BCUT2D eigenvalue weighted by atomic mass is 10.3. The number of nitrogens with zero attached hydrogens (tertiary/aromatic N) is 1. The number of carbonyl (C=O) groups is 2. The summed E-state index contributed by atoms with van der Waals surface area (Å²) in [5.74, 6) is -0.491. The molecular weight excluding hydrogens is 276 g/mol. The minimum Gasteiger partial charge on any atom is -0.480 e. The van der Waals surface area contributed by atoms with Gasteiger partial charge in [0.25, 0.3) is 0 Å². The third-order valence-corrected chi connectivity index (χ3v) is 4.57. The van der Waals surface area contributed by atoms with E-state index in [1.165, 1.54) is 15.3 Å². The first-order valence-electron chi connectivity index (χ1n) is 6.76. The third-order valence-electron chi connectivity index (χ3n) is 3.42. The number of carboxylic acid groups (broad SMARTS) is 1. The Morgan fingerprint density at radius 1 is 1.45 bits per heavy atom. The van der Waals surface area contributed by atoms with Gasteiger partial charge >= 0.3 is 12.0 Å². The number of nitrogens with one attached hydrogen (secondary N) is 1. The minimum atomic E-state index is -0.969. The zero-order valence-electron chi connectivity index (χ0n) is 11.8. The zero-order valence-corrected chi connectivity index (χ0v) is 12.6. The maximum Gasteiger partial charge on any atom is 0.323 e. The summed E-state index contributed by atoms with van der Waals surface area (Å²) < 4.78 is 0. The summed E-state index contributed by atoms with van der Waals surface area (Å²) in [6, 6.07) is 1.77. The van der Waals surface area contributed by atoms with Crippen LogP contribution in [-0.2, 0) is 11.3 Å². The summed E-state index contributed by atoms with van der Waals surface area (Å²) >= 11 is 1.66. The Morgan fingerprint density at radius 3 is 2.65 bits per heavy atom. The van der Waals surface area contributed by atoms with Crippen LogP contribution >= 0.6 is 11.3 Å². The van der Waals surface area contributed by atoms with Crippen molar-refractivity contribution in [2.75, 3.05) is 13.1 Å². The van der Waals surface area contributed by atoms with Crippen molar-refractivity contribution in [2.24, 2.45) is 5.92 Å². The topological polar surface area (TPSA) is 69.6 Å². The number of carbonyl (C=O) groups excluding carboxylic acids is 1. The van der Waals surface area contributed by atoms with Gasteiger partial charge in [0.15, 0.2) is 0 Å². The molecule has 0 radical (unpaired) electrons. The predicted molar refractivity (Wildman–Crippen MR) is 78.0 cm³/mol. The van der Waals surface area contributed by atoms with Crippen LogP contribution in [0, 0.1) is 19.8 Å². The van der Waals surface area contributed by atoms with Crippen LogP contribution in [0.5, 0.6) is 0 Å². The Balaban J connectivity index is 1.88. The highest BCUT2D eigenvalue weighted by atomic mass is 32.1. The second-order valence-corrected chi connectivity index (χ2v) is 6.67. The van der Waals surface area contributed by atoms with Gasteiger partial charge in [-0.05, 0) is 44.2 Å². The highest BCUT2D eigenvalue weighted by Crippen LogP contribution is 2.29. The molecular formula is C14H20N2O3S. The summed E-state index contributed by atoms with van der Waals surface area (Å²) in [5, 5.41) is 11.7. The monoisotopic (exact) mass is 296 g/mol. The average molecular weight is 296 g/mol. The van der Waals surface area contributed by atoms with Crippen LogP contribution in [0.2, 0.25) is 0 Å². The molecule has 2 amide bonds. The van der Waals surface area contributed by atoms with Gasteiger partial charge in [0.1, 0.15) is 6.54 Å². The molecule has 0 atom stereocenters. The molecule has 2 N–H and O–H groups in total. The summed E-state index contributed by atoms with van der Waals surface area (Å²) in [7, 11) is 0. The average Bonchev–Trinajstić information content (AvgIpc) is 3.12. The van der Waals surface area contributed by atoms with Crippen molar-refractivity contribution in [3.63, 3.8) is 0 Å². The van der Waals surface area contributed by atoms with E-state index in [0.717, 1.165) is 17.7 Å². The number of hydrogen-bond donors (Lipinski definition) is 2. The van der Waals surface area contributed by atoms with E-state index in [2.05, 4.69) is 18.3 Å². The number of amides is 2. The van der Waals surface area contributed by atoms with E-state index in [0.29, 0.717) is 19.0 Å². The van der Waals surface area contributed by atoms with Gasteiger partial charge in [-0.25, -0.2) is 4.79 Å². The number of urea groups is 1. The molecule has 0 unspecified atom stereocenters. The summed E-state index contributed by atoms with van der Waals surface area (Å²) in [5.41, 5.74) is 1.22. The highest BCUT2D eigenvalue weighted by molar-refractivity contribution is 7.12. The molecule has 1 aromatic rings. The molecule has 1 fully saturated rings. The lowest BCUT2D eigenvalue weighted by molar-refractivity contribution is -0.137. The fourth-order valence-electron chi connectivity index (χ4n) is 2.01. The number of hydrogen-bond acceptors (Lipinski definition) is 3. The van der Waals surface area contributed by atoms with Crippen molar-refractivity contribution >= 4 is 23.3 Å². The van der Waals surface area contributed by atoms with Crippen LogP contribution in [0.4, 0.5) is 4.79 Å². The van der Waals surface area contributed by atoms with Crippen molar-refractivity contribution in [2.45, 2.75) is 33.2 Å². The van der Waals surface area contributed by atoms with E-state index in [9.17, 15) is 9.59 Å². The van der Waals surface area contributed by atoms with Crippen LogP contribution in [0.3, 0.4) is 0 Å². The van der Waals surface area contributed by atoms with Gasteiger partial charge in [0.2, 0.25) is 0 Å². The largest absolute Gasteiger partial charge is 0.480 e. The van der Waals surface area contributed by atoms with E-state index in [-0.39, 0.29) is 12.6 Å². The molecule has 110 valence electrons. The fourth-order valence-corrected chi connectivity index (χ4v) is 3.00. The van der Waals surface area contributed by atoms with Crippen molar-refractivity contribution in [1.82, 2.24) is 10.2 Å². The van der Waals surface area contributed by atoms with E-state index in [1.54, 1.807) is 11.3 Å².